The lowest BCUT2D eigenvalue weighted by atomic mass is 11.1. The van der Waals surface area contributed by atoms with Crippen molar-refractivity contribution in [3.8, 4) is 0 Å². The molecule has 0 rings (SSSR count). The van der Waals surface area contributed by atoms with E-state index in [1.807, 2.05) is 0 Å². The van der Waals surface area contributed by atoms with Crippen molar-refractivity contribution in [1.29, 1.82) is 0 Å². The summed E-state index contributed by atoms with van der Waals surface area (Å²) in [5.74, 6) is -2.26. The van der Waals surface area contributed by atoms with Crippen molar-refractivity contribution in [1.82, 2.24) is 0 Å². The molecule has 0 saturated heterocycles. The third kappa shape index (κ3) is 6.53. The van der Waals surface area contributed by atoms with E-state index >= 15 is 0 Å². The van der Waals surface area contributed by atoms with Crippen LogP contribution in [0.5, 0.6) is 0 Å². The number of halogens is 3. The summed E-state index contributed by atoms with van der Waals surface area (Å²) < 4.78 is 14.9. The van der Waals surface area contributed by atoms with Gasteiger partial charge in [0, 0.05) is 0 Å². The number of methoxy groups -OCH3 is 1. The van der Waals surface area contributed by atoms with Crippen molar-refractivity contribution in [3.63, 3.8) is 0 Å². The van der Waals surface area contributed by atoms with Crippen LogP contribution >= 0.6 is 39.9 Å². The fourth-order valence-electron chi connectivity index (χ4n) is 0.171. The predicted molar refractivity (Wildman–Crippen MR) is 40.3 cm³/mol. The first kappa shape index (κ1) is 9.64. The summed E-state index contributed by atoms with van der Waals surface area (Å²) in [6.45, 7) is 0. The van der Waals surface area contributed by atoms with Crippen LogP contribution in [0.1, 0.15) is 0 Å². The van der Waals surface area contributed by atoms with Gasteiger partial charge in [-0.2, -0.15) is 0 Å². The average molecular weight is 209 g/mol. The highest BCUT2D eigenvalue weighted by Crippen LogP contribution is 2.58. The van der Waals surface area contributed by atoms with E-state index < -0.39 is 5.85 Å². The Morgan fingerprint density at radius 2 is 2.11 bits per heavy atom. The van der Waals surface area contributed by atoms with Gasteiger partial charge in [-0.25, -0.2) is 0 Å². The van der Waals surface area contributed by atoms with Crippen molar-refractivity contribution >= 4 is 39.9 Å². The summed E-state index contributed by atoms with van der Waals surface area (Å²) in [6, 6.07) is 0. The number of rotatable bonds is 2. The van der Waals surface area contributed by atoms with Crippen molar-refractivity contribution in [3.05, 3.63) is 11.0 Å². The van der Waals surface area contributed by atoms with Crippen LogP contribution < -0.4 is 0 Å². The summed E-state index contributed by atoms with van der Waals surface area (Å²) >= 11 is 15.4. The second-order valence-electron chi connectivity index (χ2n) is 1.14. The highest BCUT2D eigenvalue weighted by molar-refractivity contribution is 8.10. The van der Waals surface area contributed by atoms with Gasteiger partial charge in [-0.1, -0.05) is 0 Å². The molecule has 0 aromatic carbocycles. The van der Waals surface area contributed by atoms with E-state index in [1.54, 1.807) is 0 Å². The van der Waals surface area contributed by atoms with Gasteiger partial charge < -0.3 is 4.74 Å². The lowest BCUT2D eigenvalue weighted by Crippen LogP contribution is -1.71. The second kappa shape index (κ2) is 3.72. The fraction of sp³-hybridized carbons (Fsp3) is 0.333. The molecule has 0 spiro atoms. The van der Waals surface area contributed by atoms with Crippen LogP contribution in [0, 0.1) is 0 Å². The third-order valence-corrected chi connectivity index (χ3v) is 1.98. The van der Waals surface area contributed by atoms with Crippen LogP contribution in [0.3, 0.4) is 0 Å². The molecule has 0 saturated carbocycles. The molecule has 54 valence electrons. The summed E-state index contributed by atoms with van der Waals surface area (Å²) in [5.41, 5.74) is 0. The lowest BCUT2D eigenvalue weighted by molar-refractivity contribution is 0.322. The molecule has 6 heteroatoms. The highest BCUT2D eigenvalue weighted by Gasteiger charge is 2.10. The Morgan fingerprint density at radius 3 is 2.22 bits per heavy atom. The summed E-state index contributed by atoms with van der Waals surface area (Å²) in [6.07, 6.45) is 0. The molecule has 0 heterocycles. The molecule has 0 aliphatic rings. The van der Waals surface area contributed by atoms with Crippen LogP contribution in [-0.2, 0) is 9.30 Å². The summed E-state index contributed by atoms with van der Waals surface area (Å²) in [7, 11) is 1.32. The smallest absolute Gasteiger partial charge is 0.279 e. The topological polar surface area (TPSA) is 26.3 Å². The van der Waals surface area contributed by atoms with E-state index in [0.29, 0.717) is 0 Å². The van der Waals surface area contributed by atoms with Gasteiger partial charge in [0.25, 0.3) is 5.85 Å². The first-order valence-corrected chi connectivity index (χ1v) is 5.83. The number of ether oxygens (including phenoxy) is 1. The fourth-order valence-corrected chi connectivity index (χ4v) is 1.76. The monoisotopic (exact) mass is 208 g/mol. The van der Waals surface area contributed by atoms with E-state index in [0.717, 1.165) is 5.82 Å². The summed E-state index contributed by atoms with van der Waals surface area (Å²) in [5, 5.41) is -0.0664. The predicted octanol–water partition coefficient (Wildman–Crippen LogP) is 3.34. The van der Waals surface area contributed by atoms with Gasteiger partial charge in [-0.15, -0.1) is 0 Å². The standard InChI is InChI=1S/C3H4Cl3O2P/c1-8-3(4)2-9(5,6)7/h2H,1H3/b3-2+. The molecule has 0 aromatic heterocycles. The lowest BCUT2D eigenvalue weighted by Gasteiger charge is -1.94. The Bertz CT molecular complexity index is 160. The molecule has 2 nitrogen and oxygen atoms in total. The third-order valence-electron chi connectivity index (χ3n) is 0.447. The Morgan fingerprint density at radius 1 is 1.67 bits per heavy atom. The van der Waals surface area contributed by atoms with Gasteiger partial charge in [0.15, 0.2) is 5.22 Å². The van der Waals surface area contributed by atoms with Crippen LogP contribution in [0.4, 0.5) is 0 Å². The molecule has 0 radical (unpaired) electrons. The molecule has 0 amide bonds. The average Bonchev–Trinajstić information content (AvgIpc) is 1.62. The largest absolute Gasteiger partial charge is 0.486 e. The van der Waals surface area contributed by atoms with Crippen molar-refractivity contribution in [2.75, 3.05) is 7.11 Å². The molecule has 0 aromatic rings. The first-order chi connectivity index (χ1) is 3.95. The Hall–Kier alpha value is 0.640. The van der Waals surface area contributed by atoms with Crippen molar-refractivity contribution < 1.29 is 9.30 Å². The van der Waals surface area contributed by atoms with Gasteiger partial charge in [0.05, 0.1) is 12.9 Å². The maximum Gasteiger partial charge on any atom is 0.279 e. The van der Waals surface area contributed by atoms with E-state index in [2.05, 4.69) is 4.74 Å². The number of hydrogen-bond acceptors (Lipinski definition) is 2. The molecule has 0 bridgehead atoms. The van der Waals surface area contributed by atoms with Crippen LogP contribution in [0.2, 0.25) is 0 Å². The molecule has 0 fully saturated rings. The Balaban J connectivity index is 4.13. The summed E-state index contributed by atoms with van der Waals surface area (Å²) in [4.78, 5) is 0. The minimum atomic E-state index is -3.21. The molecular formula is C3H4Cl3O2P. The molecule has 0 aliphatic heterocycles. The van der Waals surface area contributed by atoms with Crippen LogP contribution in [0.25, 0.3) is 0 Å². The van der Waals surface area contributed by atoms with Crippen molar-refractivity contribution in [2.24, 2.45) is 0 Å². The zero-order valence-electron chi connectivity index (χ0n) is 4.47. The molecule has 0 aliphatic carbocycles. The van der Waals surface area contributed by atoms with E-state index in [1.165, 1.54) is 7.11 Å². The molecular weight excluding hydrogens is 205 g/mol. The molecule has 0 N–H and O–H groups in total. The second-order valence-corrected chi connectivity index (χ2v) is 6.31. The van der Waals surface area contributed by atoms with Gasteiger partial charge in [0.2, 0.25) is 0 Å². The quantitative estimate of drug-likeness (QED) is 0.515. The van der Waals surface area contributed by atoms with E-state index in [-0.39, 0.29) is 5.22 Å². The zero-order chi connectivity index (χ0) is 7.49. The van der Waals surface area contributed by atoms with Gasteiger partial charge >= 0.3 is 0 Å². The van der Waals surface area contributed by atoms with Crippen LogP contribution in [-0.4, -0.2) is 7.11 Å². The van der Waals surface area contributed by atoms with Gasteiger partial charge in [-0.05, 0) is 34.1 Å². The maximum absolute atomic E-state index is 10.5. The normalized spacial score (nSPS) is 13.6. The van der Waals surface area contributed by atoms with Crippen molar-refractivity contribution in [2.45, 2.75) is 0 Å². The van der Waals surface area contributed by atoms with E-state index in [9.17, 15) is 4.57 Å². The minimum absolute atomic E-state index is 0.0664. The van der Waals surface area contributed by atoms with Gasteiger partial charge in [-0.3, -0.25) is 4.57 Å². The van der Waals surface area contributed by atoms with Crippen LogP contribution in [0.15, 0.2) is 11.0 Å². The molecule has 9 heavy (non-hydrogen) atoms. The van der Waals surface area contributed by atoms with Gasteiger partial charge in [0.1, 0.15) is 0 Å². The number of hydrogen-bond donors (Lipinski definition) is 0. The Kier molecular flexibility index (Phi) is 3.99. The van der Waals surface area contributed by atoms with E-state index in [4.69, 9.17) is 34.1 Å². The Labute approximate surface area is 67.7 Å². The SMILES string of the molecule is CO/C(Cl)=C/P(=O)(Cl)Cl. The molecule has 0 atom stereocenters. The highest BCUT2D eigenvalue weighted by atomic mass is 35.9. The minimum Gasteiger partial charge on any atom is -0.486 e. The molecule has 0 unspecified atom stereocenters. The maximum atomic E-state index is 10.5. The first-order valence-electron chi connectivity index (χ1n) is 1.87. The zero-order valence-corrected chi connectivity index (χ0v) is 7.64.